The summed E-state index contributed by atoms with van der Waals surface area (Å²) in [4.78, 5) is 0. The highest BCUT2D eigenvalue weighted by molar-refractivity contribution is 5.38. The maximum Gasteiger partial charge on any atom is 0.0693 e. The van der Waals surface area contributed by atoms with E-state index < -0.39 is 5.60 Å². The van der Waals surface area contributed by atoms with Crippen molar-refractivity contribution in [2.75, 3.05) is 0 Å². The predicted octanol–water partition coefficient (Wildman–Crippen LogP) is 3.95. The lowest BCUT2D eigenvalue weighted by molar-refractivity contribution is -0.0861. The number of hydrogen-bond acceptors (Lipinski definition) is 1. The van der Waals surface area contributed by atoms with Gasteiger partial charge in [-0.05, 0) is 62.1 Å². The molecule has 1 aliphatic carbocycles. The van der Waals surface area contributed by atoms with Crippen LogP contribution in [-0.2, 0) is 6.42 Å². The third-order valence-electron chi connectivity index (χ3n) is 4.57. The van der Waals surface area contributed by atoms with Crippen LogP contribution in [0.5, 0.6) is 0 Å². The van der Waals surface area contributed by atoms with Crippen molar-refractivity contribution in [1.82, 2.24) is 0 Å². The smallest absolute Gasteiger partial charge is 0.0693 e. The monoisotopic (exact) mass is 246 g/mol. The van der Waals surface area contributed by atoms with Gasteiger partial charge in [0.2, 0.25) is 0 Å². The van der Waals surface area contributed by atoms with Crippen LogP contribution < -0.4 is 0 Å². The summed E-state index contributed by atoms with van der Waals surface area (Å²) in [5.41, 5.74) is 4.88. The first-order chi connectivity index (χ1) is 8.31. The Bertz CT molecular complexity index is 416. The Kier molecular flexibility index (Phi) is 3.55. The summed E-state index contributed by atoms with van der Waals surface area (Å²) < 4.78 is 0. The van der Waals surface area contributed by atoms with Crippen LogP contribution in [0.15, 0.2) is 12.1 Å². The number of benzene rings is 1. The Morgan fingerprint density at radius 2 is 1.67 bits per heavy atom. The van der Waals surface area contributed by atoms with Crippen molar-refractivity contribution in [2.45, 2.75) is 59.5 Å². The van der Waals surface area contributed by atoms with Crippen molar-refractivity contribution >= 4 is 0 Å². The average Bonchev–Trinajstić information content (AvgIpc) is 2.19. The molecule has 0 aromatic heterocycles. The zero-order chi connectivity index (χ0) is 13.5. The maximum atomic E-state index is 10.6. The van der Waals surface area contributed by atoms with E-state index in [1.165, 1.54) is 22.3 Å². The van der Waals surface area contributed by atoms with Crippen molar-refractivity contribution in [3.8, 4) is 0 Å². The van der Waals surface area contributed by atoms with E-state index in [1.807, 2.05) is 0 Å². The predicted molar refractivity (Wildman–Crippen MR) is 76.9 cm³/mol. The topological polar surface area (TPSA) is 20.2 Å². The molecule has 1 aliphatic rings. The quantitative estimate of drug-likeness (QED) is 0.856. The molecule has 2 rings (SSSR count). The molecule has 0 heterocycles. The molecular weight excluding hydrogens is 220 g/mol. The van der Waals surface area contributed by atoms with E-state index in [2.05, 4.69) is 46.8 Å². The summed E-state index contributed by atoms with van der Waals surface area (Å²) in [6.07, 6.45) is 2.77. The van der Waals surface area contributed by atoms with Gasteiger partial charge in [0.15, 0.2) is 0 Å². The SMILES string of the molecule is Cc1cc(C)c(CC2(O)CC(C(C)C)C2)c(C)c1. The van der Waals surface area contributed by atoms with Gasteiger partial charge in [0.25, 0.3) is 0 Å². The molecule has 0 spiro atoms. The van der Waals surface area contributed by atoms with Gasteiger partial charge in [-0.15, -0.1) is 0 Å². The third kappa shape index (κ3) is 2.61. The lowest BCUT2D eigenvalue weighted by atomic mass is 9.63. The molecule has 1 N–H and O–H groups in total. The molecule has 1 aromatic rings. The van der Waals surface area contributed by atoms with Crippen LogP contribution >= 0.6 is 0 Å². The van der Waals surface area contributed by atoms with E-state index in [4.69, 9.17) is 0 Å². The molecule has 0 saturated heterocycles. The Labute approximate surface area is 111 Å². The van der Waals surface area contributed by atoms with Gasteiger partial charge >= 0.3 is 0 Å². The number of rotatable bonds is 3. The molecule has 1 fully saturated rings. The molecule has 1 heteroatoms. The molecule has 0 aliphatic heterocycles. The van der Waals surface area contributed by atoms with Crippen molar-refractivity contribution in [3.63, 3.8) is 0 Å². The Balaban J connectivity index is 2.12. The van der Waals surface area contributed by atoms with Crippen molar-refractivity contribution in [3.05, 3.63) is 34.4 Å². The molecule has 0 unspecified atom stereocenters. The van der Waals surface area contributed by atoms with Crippen LogP contribution in [0.25, 0.3) is 0 Å². The first kappa shape index (κ1) is 13.6. The largest absolute Gasteiger partial charge is 0.390 e. The summed E-state index contributed by atoms with van der Waals surface area (Å²) in [6.45, 7) is 11.0. The van der Waals surface area contributed by atoms with Crippen LogP contribution in [0.2, 0.25) is 0 Å². The van der Waals surface area contributed by atoms with E-state index in [0.717, 1.165) is 19.3 Å². The van der Waals surface area contributed by atoms with Crippen LogP contribution in [0.4, 0.5) is 0 Å². The Hall–Kier alpha value is -0.820. The fourth-order valence-corrected chi connectivity index (χ4v) is 3.35. The average molecular weight is 246 g/mol. The summed E-state index contributed by atoms with van der Waals surface area (Å²) in [7, 11) is 0. The minimum absolute atomic E-state index is 0.445. The highest BCUT2D eigenvalue weighted by Crippen LogP contribution is 2.44. The summed E-state index contributed by atoms with van der Waals surface area (Å²) in [6, 6.07) is 4.45. The highest BCUT2D eigenvalue weighted by Gasteiger charge is 2.43. The highest BCUT2D eigenvalue weighted by atomic mass is 16.3. The normalized spacial score (nSPS) is 27.4. The molecule has 100 valence electrons. The van der Waals surface area contributed by atoms with Gasteiger partial charge in [0, 0.05) is 6.42 Å². The zero-order valence-electron chi connectivity index (χ0n) is 12.4. The second-order valence-electron chi connectivity index (χ2n) is 6.69. The van der Waals surface area contributed by atoms with Crippen molar-refractivity contribution in [2.24, 2.45) is 11.8 Å². The van der Waals surface area contributed by atoms with Crippen molar-refractivity contribution in [1.29, 1.82) is 0 Å². The van der Waals surface area contributed by atoms with Crippen LogP contribution in [0.1, 0.15) is 48.9 Å². The summed E-state index contributed by atoms with van der Waals surface area (Å²) in [5.74, 6) is 1.41. The lowest BCUT2D eigenvalue weighted by Gasteiger charge is -2.46. The van der Waals surface area contributed by atoms with Gasteiger partial charge in [0.05, 0.1) is 5.60 Å². The molecule has 1 saturated carbocycles. The molecule has 0 radical (unpaired) electrons. The molecular formula is C17H26O. The molecule has 0 atom stereocenters. The third-order valence-corrected chi connectivity index (χ3v) is 4.57. The maximum absolute atomic E-state index is 10.6. The second-order valence-corrected chi connectivity index (χ2v) is 6.69. The molecule has 0 bridgehead atoms. The first-order valence-corrected chi connectivity index (χ1v) is 7.10. The van der Waals surface area contributed by atoms with Crippen LogP contribution in [0, 0.1) is 32.6 Å². The second kappa shape index (κ2) is 4.70. The minimum atomic E-state index is -0.445. The fraction of sp³-hybridized carbons (Fsp3) is 0.647. The lowest BCUT2D eigenvalue weighted by Crippen LogP contribution is -2.47. The number of hydrogen-bond donors (Lipinski definition) is 1. The van der Waals surface area contributed by atoms with E-state index >= 15 is 0 Å². The van der Waals surface area contributed by atoms with Gasteiger partial charge in [-0.2, -0.15) is 0 Å². The summed E-state index contributed by atoms with van der Waals surface area (Å²) >= 11 is 0. The van der Waals surface area contributed by atoms with Gasteiger partial charge in [-0.1, -0.05) is 31.5 Å². The van der Waals surface area contributed by atoms with E-state index in [9.17, 15) is 5.11 Å². The molecule has 1 aromatic carbocycles. The van der Waals surface area contributed by atoms with Crippen LogP contribution in [-0.4, -0.2) is 10.7 Å². The first-order valence-electron chi connectivity index (χ1n) is 7.10. The molecule has 0 amide bonds. The summed E-state index contributed by atoms with van der Waals surface area (Å²) in [5, 5.41) is 10.6. The van der Waals surface area contributed by atoms with Crippen LogP contribution in [0.3, 0.4) is 0 Å². The fourth-order valence-electron chi connectivity index (χ4n) is 3.35. The number of aliphatic hydroxyl groups is 1. The van der Waals surface area contributed by atoms with E-state index in [-0.39, 0.29) is 0 Å². The van der Waals surface area contributed by atoms with E-state index in [0.29, 0.717) is 11.8 Å². The Morgan fingerprint density at radius 1 is 1.17 bits per heavy atom. The van der Waals surface area contributed by atoms with Gasteiger partial charge in [-0.3, -0.25) is 0 Å². The van der Waals surface area contributed by atoms with Gasteiger partial charge < -0.3 is 5.11 Å². The standard InChI is InChI=1S/C17H26O/c1-11(2)15-8-17(18,9-15)10-16-13(4)6-12(3)7-14(16)5/h6-7,11,15,18H,8-10H2,1-5H3. The van der Waals surface area contributed by atoms with Gasteiger partial charge in [0.1, 0.15) is 0 Å². The molecule has 18 heavy (non-hydrogen) atoms. The zero-order valence-corrected chi connectivity index (χ0v) is 12.4. The van der Waals surface area contributed by atoms with Crippen molar-refractivity contribution < 1.29 is 5.11 Å². The number of aryl methyl sites for hydroxylation is 3. The molecule has 1 nitrogen and oxygen atoms in total. The van der Waals surface area contributed by atoms with E-state index in [1.54, 1.807) is 0 Å². The van der Waals surface area contributed by atoms with Gasteiger partial charge in [-0.25, -0.2) is 0 Å². The minimum Gasteiger partial charge on any atom is -0.390 e. The Morgan fingerprint density at radius 3 is 2.11 bits per heavy atom.